The largest absolute Gasteiger partial charge is 1.00 e. The zero-order valence-electron chi connectivity index (χ0n) is 18.2. The number of carboxylic acids is 2. The molecule has 0 saturated carbocycles. The normalized spacial score (nSPS) is 16.6. The molecule has 0 aliphatic heterocycles. The van der Waals surface area contributed by atoms with Gasteiger partial charge in [0, 0.05) is 11.4 Å². The van der Waals surface area contributed by atoms with Crippen molar-refractivity contribution < 1.29 is 91.9 Å². The van der Waals surface area contributed by atoms with Crippen LogP contribution in [0.2, 0.25) is 0 Å². The van der Waals surface area contributed by atoms with Crippen LogP contribution in [0.3, 0.4) is 0 Å². The van der Waals surface area contributed by atoms with Crippen LogP contribution in [0.25, 0.3) is 0 Å². The van der Waals surface area contributed by atoms with Gasteiger partial charge in [-0.2, -0.15) is 8.42 Å². The van der Waals surface area contributed by atoms with E-state index in [1.54, 1.807) is 0 Å². The summed E-state index contributed by atoms with van der Waals surface area (Å²) in [4.78, 5) is 23.8. The minimum atomic E-state index is -5.20. The number of rotatable bonds is 14. The molecule has 154 valence electrons. The second kappa shape index (κ2) is 15.6. The molecule has 0 aromatic carbocycles. The second-order valence-electron chi connectivity index (χ2n) is 7.23. The van der Waals surface area contributed by atoms with Crippen molar-refractivity contribution in [3.63, 3.8) is 0 Å². The maximum Gasteiger partial charge on any atom is 1.00 e. The van der Waals surface area contributed by atoms with Crippen molar-refractivity contribution in [2.24, 2.45) is 17.3 Å². The SMILES string of the molecule is CCCCCC(C)C(C(=O)[O-])(C(C)CCCCC)C(C(=O)[O-])S(=O)(=O)O.[Na+].[Na+]. The van der Waals surface area contributed by atoms with Crippen LogP contribution in [0.1, 0.15) is 79.1 Å². The van der Waals surface area contributed by atoms with Crippen molar-refractivity contribution in [2.45, 2.75) is 84.3 Å². The van der Waals surface area contributed by atoms with Crippen molar-refractivity contribution >= 4 is 22.1 Å². The van der Waals surface area contributed by atoms with E-state index in [0.29, 0.717) is 25.7 Å². The summed E-state index contributed by atoms with van der Waals surface area (Å²) in [5.74, 6) is -5.51. The molecule has 0 aliphatic rings. The summed E-state index contributed by atoms with van der Waals surface area (Å²) in [5.41, 5.74) is -2.26. The number of carbonyl (C=O) groups is 2. The molecule has 10 heteroatoms. The fraction of sp³-hybridized carbons (Fsp3) is 0.889. The first-order valence-electron chi connectivity index (χ1n) is 9.36. The second-order valence-corrected chi connectivity index (χ2v) is 8.73. The van der Waals surface area contributed by atoms with E-state index in [-0.39, 0.29) is 59.1 Å². The van der Waals surface area contributed by atoms with Gasteiger partial charge in [-0.3, -0.25) is 4.55 Å². The van der Waals surface area contributed by atoms with Crippen molar-refractivity contribution in [1.29, 1.82) is 0 Å². The Hall–Kier alpha value is 0.850. The molecule has 7 nitrogen and oxygen atoms in total. The Bertz CT molecular complexity index is 550. The summed E-state index contributed by atoms with van der Waals surface area (Å²) in [7, 11) is -5.20. The number of carboxylic acid groups (broad SMARTS) is 2. The standard InChI is InChI=1S/C18H34O7S.2Na/c1-5-7-9-11-13(3)18(17(21)22,14(4)12-10-8-6-2)15(16(19)20)26(23,24)25;;/h13-15H,5-12H2,1-4H3,(H,19,20)(H,21,22)(H,23,24,25);;/q;2*+1/p-2. The molecule has 28 heavy (non-hydrogen) atoms. The molecule has 0 heterocycles. The predicted molar refractivity (Wildman–Crippen MR) is 94.4 cm³/mol. The predicted octanol–water partition coefficient (Wildman–Crippen LogP) is -4.83. The Labute approximate surface area is 213 Å². The molecular formula is C18H32Na2O7S. The third-order valence-corrected chi connectivity index (χ3v) is 6.59. The Kier molecular flexibility index (Phi) is 18.7. The van der Waals surface area contributed by atoms with Crippen LogP contribution in [0.15, 0.2) is 0 Å². The fourth-order valence-corrected chi connectivity index (χ4v) is 5.25. The van der Waals surface area contributed by atoms with Crippen LogP contribution in [0.5, 0.6) is 0 Å². The number of hydrogen-bond donors (Lipinski definition) is 1. The van der Waals surface area contributed by atoms with E-state index in [1.165, 1.54) is 13.8 Å². The van der Waals surface area contributed by atoms with Gasteiger partial charge in [-0.05, 0) is 24.7 Å². The van der Waals surface area contributed by atoms with Crippen LogP contribution < -0.4 is 69.3 Å². The molecule has 1 N–H and O–H groups in total. The third kappa shape index (κ3) is 8.92. The van der Waals surface area contributed by atoms with Gasteiger partial charge in [-0.1, -0.05) is 66.2 Å². The molecule has 0 rings (SSSR count). The summed E-state index contributed by atoms with van der Waals surface area (Å²) in [5, 5.41) is 21.2. The van der Waals surface area contributed by atoms with Gasteiger partial charge in [0.05, 0.1) is 5.97 Å². The Morgan fingerprint density at radius 2 is 1.25 bits per heavy atom. The van der Waals surface area contributed by atoms with Crippen molar-refractivity contribution in [2.75, 3.05) is 0 Å². The first-order valence-corrected chi connectivity index (χ1v) is 10.9. The molecular weight excluding hydrogens is 406 g/mol. The van der Waals surface area contributed by atoms with Gasteiger partial charge in [-0.25, -0.2) is 0 Å². The monoisotopic (exact) mass is 438 g/mol. The van der Waals surface area contributed by atoms with E-state index < -0.39 is 44.6 Å². The summed E-state index contributed by atoms with van der Waals surface area (Å²) in [6, 6.07) is 0. The Morgan fingerprint density at radius 3 is 1.46 bits per heavy atom. The van der Waals surface area contributed by atoms with Crippen LogP contribution in [0, 0.1) is 17.3 Å². The van der Waals surface area contributed by atoms with Gasteiger partial charge in [0.15, 0.2) is 0 Å². The van der Waals surface area contributed by atoms with E-state index in [2.05, 4.69) is 0 Å². The smallest absolute Gasteiger partial charge is 0.549 e. The Morgan fingerprint density at radius 1 is 0.893 bits per heavy atom. The average Bonchev–Trinajstić information content (AvgIpc) is 2.50. The van der Waals surface area contributed by atoms with Gasteiger partial charge in [0.25, 0.3) is 10.1 Å². The minimum absolute atomic E-state index is 0. The molecule has 3 atom stereocenters. The topological polar surface area (TPSA) is 135 Å². The maximum atomic E-state index is 12.2. The zero-order valence-corrected chi connectivity index (χ0v) is 23.0. The zero-order chi connectivity index (χ0) is 20.5. The quantitative estimate of drug-likeness (QED) is 0.163. The van der Waals surface area contributed by atoms with Crippen LogP contribution >= 0.6 is 0 Å². The molecule has 0 radical (unpaired) electrons. The van der Waals surface area contributed by atoms with Crippen LogP contribution in [-0.2, 0) is 19.7 Å². The van der Waals surface area contributed by atoms with Gasteiger partial charge in [-0.15, -0.1) is 0 Å². The number of hydrogen-bond acceptors (Lipinski definition) is 6. The first-order chi connectivity index (χ1) is 12.0. The Balaban J connectivity index is -0.00000312. The first kappa shape index (κ1) is 33.5. The fourth-order valence-electron chi connectivity index (χ4n) is 3.95. The van der Waals surface area contributed by atoms with Gasteiger partial charge in [0.1, 0.15) is 5.25 Å². The van der Waals surface area contributed by atoms with E-state index in [4.69, 9.17) is 0 Å². The van der Waals surface area contributed by atoms with E-state index in [1.807, 2.05) is 13.8 Å². The third-order valence-electron chi connectivity index (χ3n) is 5.41. The molecule has 0 fully saturated rings. The van der Waals surface area contributed by atoms with Crippen LogP contribution in [-0.4, -0.2) is 30.2 Å². The molecule has 0 amide bonds. The maximum absolute atomic E-state index is 12.2. The number of unbranched alkanes of at least 4 members (excludes halogenated alkanes) is 4. The molecule has 0 aromatic rings. The number of aliphatic carboxylic acids is 2. The van der Waals surface area contributed by atoms with Gasteiger partial charge >= 0.3 is 59.1 Å². The molecule has 0 bridgehead atoms. The molecule has 0 spiro atoms. The van der Waals surface area contributed by atoms with E-state index >= 15 is 0 Å². The summed E-state index contributed by atoms with van der Waals surface area (Å²) < 4.78 is 33.2. The average molecular weight is 438 g/mol. The summed E-state index contributed by atoms with van der Waals surface area (Å²) >= 11 is 0. The molecule has 0 aliphatic carbocycles. The van der Waals surface area contributed by atoms with Crippen molar-refractivity contribution in [1.82, 2.24) is 0 Å². The molecule has 0 saturated heterocycles. The summed E-state index contributed by atoms with van der Waals surface area (Å²) in [6.45, 7) is 6.96. The van der Waals surface area contributed by atoms with Crippen LogP contribution in [0.4, 0.5) is 0 Å². The van der Waals surface area contributed by atoms with E-state index in [9.17, 15) is 32.8 Å². The van der Waals surface area contributed by atoms with Gasteiger partial charge < -0.3 is 19.8 Å². The molecule has 0 aromatic heterocycles. The number of carbonyl (C=O) groups excluding carboxylic acids is 2. The summed E-state index contributed by atoms with van der Waals surface area (Å²) in [6.07, 6.45) is 5.25. The minimum Gasteiger partial charge on any atom is -0.549 e. The van der Waals surface area contributed by atoms with Gasteiger partial charge in [0.2, 0.25) is 0 Å². The van der Waals surface area contributed by atoms with Crippen molar-refractivity contribution in [3.05, 3.63) is 0 Å². The van der Waals surface area contributed by atoms with E-state index in [0.717, 1.165) is 25.7 Å². The van der Waals surface area contributed by atoms with Crippen molar-refractivity contribution in [3.8, 4) is 0 Å². The molecule has 3 unspecified atom stereocenters.